The maximum Gasteiger partial charge on any atom is 0.309 e. The van der Waals surface area contributed by atoms with Crippen molar-refractivity contribution in [3.63, 3.8) is 0 Å². The third-order valence-electron chi connectivity index (χ3n) is 4.23. The first-order valence-corrected chi connectivity index (χ1v) is 8.28. The lowest BCUT2D eigenvalue weighted by Crippen LogP contribution is -2.17. The lowest BCUT2D eigenvalue weighted by molar-refractivity contribution is -0.136. The molecule has 0 spiro atoms. The van der Waals surface area contributed by atoms with Crippen molar-refractivity contribution in [3.8, 4) is 0 Å². The molecule has 5 nitrogen and oxygen atoms in total. The average Bonchev–Trinajstić information content (AvgIpc) is 3.24. The van der Waals surface area contributed by atoms with Crippen molar-refractivity contribution in [2.75, 3.05) is 0 Å². The summed E-state index contributed by atoms with van der Waals surface area (Å²) in [6, 6.07) is 11.8. The molecular weight excluding hydrogens is 312 g/mol. The Labute approximate surface area is 135 Å². The van der Waals surface area contributed by atoms with E-state index in [0.29, 0.717) is 16.6 Å². The van der Waals surface area contributed by atoms with Gasteiger partial charge in [0.05, 0.1) is 12.1 Å². The van der Waals surface area contributed by atoms with Gasteiger partial charge in [-0.1, -0.05) is 30.3 Å². The normalized spacial score (nSPS) is 19.8. The molecule has 1 aromatic carbocycles. The topological polar surface area (TPSA) is 71.7 Å². The minimum absolute atomic E-state index is 0.170. The van der Waals surface area contributed by atoms with Gasteiger partial charge < -0.3 is 5.11 Å². The molecule has 1 aliphatic carbocycles. The highest BCUT2D eigenvalue weighted by atomic mass is 32.1. The summed E-state index contributed by atoms with van der Waals surface area (Å²) in [6.45, 7) is 0. The lowest BCUT2D eigenvalue weighted by Gasteiger charge is -2.02. The number of hydrogen-bond acceptors (Lipinski definition) is 4. The standard InChI is InChI=1S/C17H14N2O3S/c20-15-8-14(13-7-12(13)10-4-2-1-3-5-10)18-17-19(15)11(9-23-17)6-16(21)22/h1-5,8-9,12-13H,6-7H2,(H,21,22). The number of aromatic nitrogens is 2. The summed E-state index contributed by atoms with van der Waals surface area (Å²) in [7, 11) is 0. The minimum atomic E-state index is -0.952. The fraction of sp³-hybridized carbons (Fsp3) is 0.235. The molecule has 116 valence electrons. The van der Waals surface area contributed by atoms with Crippen LogP contribution in [0.15, 0.2) is 46.6 Å². The smallest absolute Gasteiger partial charge is 0.309 e. The van der Waals surface area contributed by atoms with Gasteiger partial charge in [-0.3, -0.25) is 14.0 Å². The number of fused-ring (bicyclic) bond motifs is 1. The van der Waals surface area contributed by atoms with E-state index in [1.165, 1.54) is 21.3 Å². The maximum atomic E-state index is 12.4. The number of carboxylic acid groups (broad SMARTS) is 1. The number of carbonyl (C=O) groups is 1. The Kier molecular flexibility index (Phi) is 3.27. The zero-order chi connectivity index (χ0) is 16.0. The second-order valence-corrected chi connectivity index (χ2v) is 6.63. The zero-order valence-corrected chi connectivity index (χ0v) is 13.0. The number of aliphatic carboxylic acids is 1. The van der Waals surface area contributed by atoms with Crippen LogP contribution < -0.4 is 5.56 Å². The van der Waals surface area contributed by atoms with E-state index in [1.54, 1.807) is 11.4 Å². The van der Waals surface area contributed by atoms with E-state index in [4.69, 9.17) is 5.11 Å². The van der Waals surface area contributed by atoms with Crippen molar-refractivity contribution in [1.29, 1.82) is 0 Å². The predicted octanol–water partition coefficient (Wildman–Crippen LogP) is 2.65. The van der Waals surface area contributed by atoms with Crippen LogP contribution in [-0.4, -0.2) is 20.5 Å². The van der Waals surface area contributed by atoms with E-state index in [1.807, 2.05) is 18.2 Å². The molecule has 6 heteroatoms. The third-order valence-corrected chi connectivity index (χ3v) is 5.10. The van der Waals surface area contributed by atoms with Gasteiger partial charge in [0.2, 0.25) is 0 Å². The molecule has 0 saturated heterocycles. The molecule has 1 fully saturated rings. The van der Waals surface area contributed by atoms with Crippen LogP contribution in [0.5, 0.6) is 0 Å². The molecule has 0 bridgehead atoms. The summed E-state index contributed by atoms with van der Waals surface area (Å²) in [5.41, 5.74) is 2.38. The number of carboxylic acids is 1. The summed E-state index contributed by atoms with van der Waals surface area (Å²) < 4.78 is 1.40. The van der Waals surface area contributed by atoms with Gasteiger partial charge in [-0.05, 0) is 17.9 Å². The lowest BCUT2D eigenvalue weighted by atomic mass is 10.1. The van der Waals surface area contributed by atoms with Gasteiger partial charge in [-0.25, -0.2) is 4.98 Å². The Balaban J connectivity index is 1.68. The third kappa shape index (κ3) is 2.55. The van der Waals surface area contributed by atoms with Gasteiger partial charge in [0.15, 0.2) is 4.96 Å². The summed E-state index contributed by atoms with van der Waals surface area (Å²) in [4.78, 5) is 28.4. The van der Waals surface area contributed by atoms with Crippen molar-refractivity contribution in [1.82, 2.24) is 9.38 Å². The summed E-state index contributed by atoms with van der Waals surface area (Å²) in [5.74, 6) is -0.254. The van der Waals surface area contributed by atoms with Gasteiger partial charge in [0.25, 0.3) is 5.56 Å². The first-order chi connectivity index (χ1) is 11.1. The van der Waals surface area contributed by atoms with Crippen LogP contribution in [0.3, 0.4) is 0 Å². The average molecular weight is 326 g/mol. The first-order valence-electron chi connectivity index (χ1n) is 7.40. The summed E-state index contributed by atoms with van der Waals surface area (Å²) >= 11 is 1.32. The molecule has 0 amide bonds. The molecule has 1 saturated carbocycles. The van der Waals surface area contributed by atoms with Crippen molar-refractivity contribution in [2.24, 2.45) is 0 Å². The number of rotatable bonds is 4. The molecule has 1 aliphatic rings. The van der Waals surface area contributed by atoms with Crippen LogP contribution in [0.2, 0.25) is 0 Å². The molecule has 4 rings (SSSR count). The Morgan fingerprint density at radius 1 is 1.30 bits per heavy atom. The number of thiazole rings is 1. The van der Waals surface area contributed by atoms with Crippen LogP contribution in [0.1, 0.15) is 35.2 Å². The van der Waals surface area contributed by atoms with E-state index < -0.39 is 5.97 Å². The van der Waals surface area contributed by atoms with Crippen molar-refractivity contribution >= 4 is 22.3 Å². The van der Waals surface area contributed by atoms with Crippen LogP contribution >= 0.6 is 11.3 Å². The monoisotopic (exact) mass is 326 g/mol. The highest BCUT2D eigenvalue weighted by molar-refractivity contribution is 7.15. The van der Waals surface area contributed by atoms with Gasteiger partial charge in [-0.15, -0.1) is 11.3 Å². The number of benzene rings is 1. The highest BCUT2D eigenvalue weighted by Crippen LogP contribution is 2.53. The Hall–Kier alpha value is -2.47. The number of hydrogen-bond donors (Lipinski definition) is 1. The number of nitrogens with zero attached hydrogens (tertiary/aromatic N) is 2. The molecule has 3 aromatic rings. The van der Waals surface area contributed by atoms with Gasteiger partial charge >= 0.3 is 5.97 Å². The Bertz CT molecular complexity index is 945. The van der Waals surface area contributed by atoms with Crippen LogP contribution in [0.4, 0.5) is 0 Å². The fourth-order valence-electron chi connectivity index (χ4n) is 3.05. The molecule has 0 aliphatic heterocycles. The van der Waals surface area contributed by atoms with Crippen molar-refractivity contribution in [3.05, 3.63) is 69.1 Å². The largest absolute Gasteiger partial charge is 0.481 e. The van der Waals surface area contributed by atoms with E-state index in [-0.39, 0.29) is 17.9 Å². The Morgan fingerprint density at radius 3 is 2.83 bits per heavy atom. The van der Waals surface area contributed by atoms with Crippen molar-refractivity contribution in [2.45, 2.75) is 24.7 Å². The van der Waals surface area contributed by atoms with Gasteiger partial charge in [-0.2, -0.15) is 0 Å². The van der Waals surface area contributed by atoms with E-state index >= 15 is 0 Å². The maximum absolute atomic E-state index is 12.4. The predicted molar refractivity (Wildman–Crippen MR) is 87.2 cm³/mol. The van der Waals surface area contributed by atoms with Gasteiger partial charge in [0, 0.05) is 23.1 Å². The van der Waals surface area contributed by atoms with Crippen LogP contribution in [0, 0.1) is 0 Å². The second-order valence-electron chi connectivity index (χ2n) is 5.79. The van der Waals surface area contributed by atoms with Crippen LogP contribution in [-0.2, 0) is 11.2 Å². The first kappa shape index (κ1) is 14.1. The molecule has 0 radical (unpaired) electrons. The van der Waals surface area contributed by atoms with E-state index in [0.717, 1.165) is 12.1 Å². The molecule has 1 N–H and O–H groups in total. The molecule has 2 aromatic heterocycles. The SMILES string of the molecule is O=C(O)Cc1csc2nc(C3CC3c3ccccc3)cc(=O)n12. The molecular formula is C17H14N2O3S. The van der Waals surface area contributed by atoms with Gasteiger partial charge in [0.1, 0.15) is 0 Å². The summed E-state index contributed by atoms with van der Waals surface area (Å²) in [5, 5.41) is 10.6. The van der Waals surface area contributed by atoms with E-state index in [2.05, 4.69) is 17.1 Å². The molecule has 2 heterocycles. The quantitative estimate of drug-likeness (QED) is 0.800. The zero-order valence-electron chi connectivity index (χ0n) is 12.2. The summed E-state index contributed by atoms with van der Waals surface area (Å²) in [6.07, 6.45) is 0.830. The fourth-order valence-corrected chi connectivity index (χ4v) is 3.95. The Morgan fingerprint density at radius 2 is 2.09 bits per heavy atom. The second kappa shape index (κ2) is 5.31. The minimum Gasteiger partial charge on any atom is -0.481 e. The highest BCUT2D eigenvalue weighted by Gasteiger charge is 2.40. The van der Waals surface area contributed by atoms with Crippen molar-refractivity contribution < 1.29 is 9.90 Å². The van der Waals surface area contributed by atoms with E-state index in [9.17, 15) is 9.59 Å². The molecule has 23 heavy (non-hydrogen) atoms. The molecule has 2 unspecified atom stereocenters. The molecule has 2 atom stereocenters. The van der Waals surface area contributed by atoms with Crippen LogP contribution in [0.25, 0.3) is 4.96 Å².